The lowest BCUT2D eigenvalue weighted by Gasteiger charge is -2.27. The zero-order valence-corrected chi connectivity index (χ0v) is 27.8. The molecule has 0 radical (unpaired) electrons. The molecule has 2 aromatic heterocycles. The van der Waals surface area contributed by atoms with Gasteiger partial charge >= 0.3 is 0 Å². The number of anilines is 3. The van der Waals surface area contributed by atoms with Crippen molar-refractivity contribution < 1.29 is 4.42 Å². The van der Waals surface area contributed by atoms with Gasteiger partial charge in [-0.15, -0.1) is 0 Å². The second-order valence-electron chi connectivity index (χ2n) is 13.0. The van der Waals surface area contributed by atoms with E-state index in [2.05, 4.69) is 191 Å². The van der Waals surface area contributed by atoms with Crippen molar-refractivity contribution in [2.24, 2.45) is 0 Å². The summed E-state index contributed by atoms with van der Waals surface area (Å²) in [7, 11) is 0. The number of fused-ring (bicyclic) bond motifs is 6. The van der Waals surface area contributed by atoms with Crippen molar-refractivity contribution in [3.63, 3.8) is 0 Å². The predicted molar refractivity (Wildman–Crippen MR) is 214 cm³/mol. The molecule has 0 aliphatic heterocycles. The standard InChI is InChI=1S/C48H32N2O/c1-2-13-33(14-3-1)34-15-10-17-38(31-34)49(36-27-29-37(30-28-36)50-45-24-7-4-19-41(45)42-20-5-8-25-46(42)50)39-18-11-16-35(32-39)40-22-12-23-44-43-21-6-9-26-47(43)51-48(40)44/h1-32H. The third-order valence-electron chi connectivity index (χ3n) is 9.98. The molecule has 0 fully saturated rings. The zero-order chi connectivity index (χ0) is 33.7. The van der Waals surface area contributed by atoms with Crippen molar-refractivity contribution in [2.75, 3.05) is 4.90 Å². The monoisotopic (exact) mass is 652 g/mol. The van der Waals surface area contributed by atoms with Gasteiger partial charge in [-0.1, -0.05) is 127 Å². The highest BCUT2D eigenvalue weighted by molar-refractivity contribution is 6.10. The van der Waals surface area contributed by atoms with Crippen molar-refractivity contribution in [3.8, 4) is 27.9 Å². The minimum absolute atomic E-state index is 0.902. The summed E-state index contributed by atoms with van der Waals surface area (Å²) in [5.41, 5.74) is 13.1. The third-order valence-corrected chi connectivity index (χ3v) is 9.98. The topological polar surface area (TPSA) is 21.3 Å². The minimum Gasteiger partial charge on any atom is -0.455 e. The number of furan rings is 1. The summed E-state index contributed by atoms with van der Waals surface area (Å²) in [6.45, 7) is 0. The van der Waals surface area contributed by atoms with Crippen LogP contribution in [0.5, 0.6) is 0 Å². The molecule has 0 saturated carbocycles. The average molecular weight is 653 g/mol. The molecule has 0 spiro atoms. The van der Waals surface area contributed by atoms with Crippen molar-refractivity contribution in [1.29, 1.82) is 0 Å². The number of para-hydroxylation sites is 4. The Balaban J connectivity index is 1.13. The van der Waals surface area contributed by atoms with Crippen LogP contribution in [0.3, 0.4) is 0 Å². The molecule has 0 amide bonds. The molecule has 8 aromatic carbocycles. The number of rotatable bonds is 6. The zero-order valence-electron chi connectivity index (χ0n) is 27.8. The molecule has 10 rings (SSSR count). The summed E-state index contributed by atoms with van der Waals surface area (Å²) in [5.74, 6) is 0. The van der Waals surface area contributed by atoms with E-state index in [0.29, 0.717) is 0 Å². The van der Waals surface area contributed by atoms with E-state index < -0.39 is 0 Å². The molecular formula is C48H32N2O. The van der Waals surface area contributed by atoms with Crippen molar-refractivity contribution >= 4 is 60.8 Å². The van der Waals surface area contributed by atoms with Gasteiger partial charge in [0, 0.05) is 49.9 Å². The third kappa shape index (κ3) is 4.90. The van der Waals surface area contributed by atoms with E-state index in [1.807, 2.05) is 12.1 Å². The normalized spacial score (nSPS) is 11.5. The van der Waals surface area contributed by atoms with Gasteiger partial charge in [-0.25, -0.2) is 0 Å². The molecule has 0 N–H and O–H groups in total. The van der Waals surface area contributed by atoms with Crippen molar-refractivity contribution in [3.05, 3.63) is 194 Å². The van der Waals surface area contributed by atoms with E-state index in [1.165, 1.54) is 32.9 Å². The smallest absolute Gasteiger partial charge is 0.143 e. The molecule has 51 heavy (non-hydrogen) atoms. The molecule has 3 heteroatoms. The second kappa shape index (κ2) is 11.9. The first-order valence-electron chi connectivity index (χ1n) is 17.4. The SMILES string of the molecule is c1ccc(-c2cccc(N(c3ccc(-n4c5ccccc5c5ccccc54)cc3)c3cccc(-c4cccc5c4oc4ccccc45)c3)c2)cc1. The van der Waals surface area contributed by atoms with Crippen LogP contribution in [0.15, 0.2) is 199 Å². The van der Waals surface area contributed by atoms with Gasteiger partial charge in [0.2, 0.25) is 0 Å². The van der Waals surface area contributed by atoms with Crippen LogP contribution >= 0.6 is 0 Å². The molecular weight excluding hydrogens is 621 g/mol. The lowest BCUT2D eigenvalue weighted by atomic mass is 10.0. The maximum Gasteiger partial charge on any atom is 0.143 e. The fraction of sp³-hybridized carbons (Fsp3) is 0. The lowest BCUT2D eigenvalue weighted by molar-refractivity contribution is 0.670. The summed E-state index contributed by atoms with van der Waals surface area (Å²) in [6.07, 6.45) is 0. The van der Waals surface area contributed by atoms with Gasteiger partial charge in [-0.3, -0.25) is 0 Å². The van der Waals surface area contributed by atoms with Gasteiger partial charge < -0.3 is 13.9 Å². The molecule has 2 heterocycles. The molecule has 0 unspecified atom stereocenters. The fourth-order valence-corrected chi connectivity index (χ4v) is 7.64. The minimum atomic E-state index is 0.902. The van der Waals surface area contributed by atoms with E-state index >= 15 is 0 Å². The van der Waals surface area contributed by atoms with Crippen molar-refractivity contribution in [2.45, 2.75) is 0 Å². The quantitative estimate of drug-likeness (QED) is 0.178. The molecule has 0 aliphatic carbocycles. The van der Waals surface area contributed by atoms with Crippen LogP contribution in [0, 0.1) is 0 Å². The van der Waals surface area contributed by atoms with Gasteiger partial charge in [0.05, 0.1) is 11.0 Å². The molecule has 0 saturated heterocycles. The summed E-state index contributed by atoms with van der Waals surface area (Å²) >= 11 is 0. The Morgan fingerprint density at radius 3 is 1.65 bits per heavy atom. The predicted octanol–water partition coefficient (Wildman–Crippen LogP) is 13.5. The van der Waals surface area contributed by atoms with Crippen molar-refractivity contribution in [1.82, 2.24) is 4.57 Å². The molecule has 0 bridgehead atoms. The molecule has 10 aromatic rings. The van der Waals surface area contributed by atoms with Crippen LogP contribution in [0.4, 0.5) is 17.1 Å². The second-order valence-corrected chi connectivity index (χ2v) is 13.0. The first-order valence-corrected chi connectivity index (χ1v) is 17.4. The highest BCUT2D eigenvalue weighted by atomic mass is 16.3. The highest BCUT2D eigenvalue weighted by Crippen LogP contribution is 2.41. The summed E-state index contributed by atoms with van der Waals surface area (Å²) in [6, 6.07) is 69.1. The van der Waals surface area contributed by atoms with E-state index in [0.717, 1.165) is 55.8 Å². The Bertz CT molecular complexity index is 2810. The first-order chi connectivity index (χ1) is 25.3. The molecule has 0 atom stereocenters. The maximum absolute atomic E-state index is 6.47. The Morgan fingerprint density at radius 1 is 0.373 bits per heavy atom. The van der Waals surface area contributed by atoms with Gasteiger partial charge in [0.25, 0.3) is 0 Å². The highest BCUT2D eigenvalue weighted by Gasteiger charge is 2.18. The number of nitrogens with zero attached hydrogens (tertiary/aromatic N) is 2. The summed E-state index contributed by atoms with van der Waals surface area (Å²) < 4.78 is 8.83. The van der Waals surface area contributed by atoms with Gasteiger partial charge in [-0.2, -0.15) is 0 Å². The van der Waals surface area contributed by atoms with E-state index in [9.17, 15) is 0 Å². The molecule has 240 valence electrons. The van der Waals surface area contributed by atoms with Crippen LogP contribution in [-0.2, 0) is 0 Å². The Labute approximate surface area is 295 Å². The number of hydrogen-bond donors (Lipinski definition) is 0. The Hall–Kier alpha value is -6.84. The van der Waals surface area contributed by atoms with Crippen LogP contribution in [0.1, 0.15) is 0 Å². The largest absolute Gasteiger partial charge is 0.455 e. The summed E-state index contributed by atoms with van der Waals surface area (Å²) in [4.78, 5) is 2.35. The average Bonchev–Trinajstić information content (AvgIpc) is 3.75. The first kappa shape index (κ1) is 29.1. The number of aromatic nitrogens is 1. The van der Waals surface area contributed by atoms with Gasteiger partial charge in [0.15, 0.2) is 0 Å². The van der Waals surface area contributed by atoms with E-state index in [1.54, 1.807) is 0 Å². The Morgan fingerprint density at radius 2 is 0.922 bits per heavy atom. The van der Waals surface area contributed by atoms with Gasteiger partial charge in [-0.05, 0) is 83.4 Å². The summed E-state index contributed by atoms with van der Waals surface area (Å²) in [5, 5.41) is 4.77. The van der Waals surface area contributed by atoms with Crippen LogP contribution in [-0.4, -0.2) is 4.57 Å². The van der Waals surface area contributed by atoms with Gasteiger partial charge in [0.1, 0.15) is 11.2 Å². The molecule has 0 aliphatic rings. The number of benzene rings is 8. The molecule has 3 nitrogen and oxygen atoms in total. The van der Waals surface area contributed by atoms with Crippen LogP contribution in [0.25, 0.3) is 71.7 Å². The lowest BCUT2D eigenvalue weighted by Crippen LogP contribution is -2.10. The van der Waals surface area contributed by atoms with E-state index in [4.69, 9.17) is 4.42 Å². The van der Waals surface area contributed by atoms with Crippen LogP contribution in [0.2, 0.25) is 0 Å². The Kier molecular flexibility index (Phi) is 6.81. The van der Waals surface area contributed by atoms with E-state index in [-0.39, 0.29) is 0 Å². The number of hydrogen-bond acceptors (Lipinski definition) is 2. The maximum atomic E-state index is 6.47. The fourth-order valence-electron chi connectivity index (χ4n) is 7.64. The van der Waals surface area contributed by atoms with Crippen LogP contribution < -0.4 is 4.90 Å².